The van der Waals surface area contributed by atoms with E-state index < -0.39 is 17.3 Å². The maximum atomic E-state index is 13.8. The van der Waals surface area contributed by atoms with Gasteiger partial charge in [-0.15, -0.1) is 0 Å². The van der Waals surface area contributed by atoms with E-state index in [1.807, 2.05) is 23.1 Å². The maximum absolute atomic E-state index is 13.8. The predicted molar refractivity (Wildman–Crippen MR) is 144 cm³/mol. The van der Waals surface area contributed by atoms with Crippen molar-refractivity contribution in [1.29, 1.82) is 0 Å². The van der Waals surface area contributed by atoms with Crippen LogP contribution in [0.3, 0.4) is 0 Å². The van der Waals surface area contributed by atoms with Gasteiger partial charge in [-0.05, 0) is 48.0 Å². The van der Waals surface area contributed by atoms with Crippen molar-refractivity contribution in [1.82, 2.24) is 24.8 Å². The standard InChI is InChI=1S/C26H26FN7O3S/c1-16(35)34-11-9-33(10-12-34)15-17-7-8-28-22(13-17)30-26-29-21-5-6-23(31-24(21)38-26)32(2)18-3-4-20(27)19(14-18)25(36)37/h3-8,13-14H,9-12,15H2,1-2H3,(H,36,37)(H,28,29,30). The van der Waals surface area contributed by atoms with E-state index in [4.69, 9.17) is 0 Å². The van der Waals surface area contributed by atoms with Crippen LogP contribution >= 0.6 is 11.3 Å². The molecule has 10 nitrogen and oxygen atoms in total. The minimum Gasteiger partial charge on any atom is -0.478 e. The highest BCUT2D eigenvalue weighted by atomic mass is 32.1. The minimum absolute atomic E-state index is 0.118. The lowest BCUT2D eigenvalue weighted by molar-refractivity contribution is -0.130. The molecule has 4 heterocycles. The second kappa shape index (κ2) is 10.7. The van der Waals surface area contributed by atoms with Gasteiger partial charge < -0.3 is 20.2 Å². The van der Waals surface area contributed by atoms with Crippen LogP contribution in [0.1, 0.15) is 22.8 Å². The molecule has 1 amide bonds. The van der Waals surface area contributed by atoms with Crippen molar-refractivity contribution in [2.24, 2.45) is 0 Å². The lowest BCUT2D eigenvalue weighted by Crippen LogP contribution is -2.47. The number of hydrogen-bond acceptors (Lipinski definition) is 9. The molecule has 4 aromatic rings. The number of piperazine rings is 1. The first kappa shape index (κ1) is 25.5. The molecule has 0 saturated carbocycles. The molecule has 0 radical (unpaired) electrons. The van der Waals surface area contributed by atoms with Gasteiger partial charge in [-0.2, -0.15) is 0 Å². The van der Waals surface area contributed by atoms with Crippen molar-refractivity contribution in [3.05, 3.63) is 65.6 Å². The summed E-state index contributed by atoms with van der Waals surface area (Å²) in [5.74, 6) is -0.752. The molecule has 3 aromatic heterocycles. The third-order valence-electron chi connectivity index (χ3n) is 6.44. The Bertz CT molecular complexity index is 1500. The number of carboxylic acid groups (broad SMARTS) is 1. The number of amides is 1. The van der Waals surface area contributed by atoms with Crippen molar-refractivity contribution in [3.8, 4) is 0 Å². The van der Waals surface area contributed by atoms with E-state index in [1.165, 1.54) is 23.5 Å². The van der Waals surface area contributed by atoms with Crippen LogP contribution in [0.15, 0.2) is 48.7 Å². The number of aromatic nitrogens is 3. The number of fused-ring (bicyclic) bond motifs is 1. The van der Waals surface area contributed by atoms with E-state index in [9.17, 15) is 19.1 Å². The molecule has 38 heavy (non-hydrogen) atoms. The number of carboxylic acids is 1. The SMILES string of the molecule is CC(=O)N1CCN(Cc2ccnc(Nc3nc4ccc(N(C)c5ccc(F)c(C(=O)O)c5)nc4s3)c2)CC1. The van der Waals surface area contributed by atoms with E-state index in [2.05, 4.69) is 25.2 Å². The summed E-state index contributed by atoms with van der Waals surface area (Å²) in [6.45, 7) is 5.52. The van der Waals surface area contributed by atoms with Gasteiger partial charge in [0.05, 0.1) is 5.56 Å². The van der Waals surface area contributed by atoms with Crippen LogP contribution < -0.4 is 10.2 Å². The molecule has 0 spiro atoms. The van der Waals surface area contributed by atoms with Crippen molar-refractivity contribution in [3.63, 3.8) is 0 Å². The molecule has 2 N–H and O–H groups in total. The summed E-state index contributed by atoms with van der Waals surface area (Å²) in [6, 6.07) is 11.5. The highest BCUT2D eigenvalue weighted by Gasteiger charge is 2.19. The average molecular weight is 536 g/mol. The Morgan fingerprint density at radius 3 is 2.63 bits per heavy atom. The molecule has 0 unspecified atom stereocenters. The summed E-state index contributed by atoms with van der Waals surface area (Å²) >= 11 is 1.37. The van der Waals surface area contributed by atoms with Crippen molar-refractivity contribution < 1.29 is 19.1 Å². The minimum atomic E-state index is -1.33. The second-order valence-electron chi connectivity index (χ2n) is 9.00. The number of carbonyl (C=O) groups is 2. The van der Waals surface area contributed by atoms with Crippen LogP contribution in [0.5, 0.6) is 0 Å². The third-order valence-corrected chi connectivity index (χ3v) is 7.32. The molecule has 1 aliphatic rings. The van der Waals surface area contributed by atoms with Crippen molar-refractivity contribution in [2.75, 3.05) is 43.4 Å². The molecule has 0 bridgehead atoms. The topological polar surface area (TPSA) is 115 Å². The number of halogens is 1. The lowest BCUT2D eigenvalue weighted by Gasteiger charge is -2.34. The number of thiazole rings is 1. The highest BCUT2D eigenvalue weighted by Crippen LogP contribution is 2.31. The Morgan fingerprint density at radius 2 is 1.89 bits per heavy atom. The van der Waals surface area contributed by atoms with Gasteiger partial charge in [-0.25, -0.2) is 24.1 Å². The zero-order chi connectivity index (χ0) is 26.8. The van der Waals surface area contributed by atoms with Crippen LogP contribution in [0, 0.1) is 5.82 Å². The van der Waals surface area contributed by atoms with Crippen molar-refractivity contribution >= 4 is 56.0 Å². The van der Waals surface area contributed by atoms with Gasteiger partial charge >= 0.3 is 5.97 Å². The number of carbonyl (C=O) groups excluding carboxylic acids is 1. The van der Waals surface area contributed by atoms with Crippen LogP contribution in [0.4, 0.5) is 26.8 Å². The molecule has 12 heteroatoms. The normalized spacial score (nSPS) is 14.0. The molecule has 5 rings (SSSR count). The largest absolute Gasteiger partial charge is 0.478 e. The van der Waals surface area contributed by atoms with E-state index in [0.717, 1.165) is 44.4 Å². The first-order valence-corrected chi connectivity index (χ1v) is 12.8. The highest BCUT2D eigenvalue weighted by molar-refractivity contribution is 7.21. The number of pyridine rings is 2. The molecular formula is C26H26FN7O3S. The van der Waals surface area contributed by atoms with E-state index in [0.29, 0.717) is 32.8 Å². The van der Waals surface area contributed by atoms with Gasteiger partial charge in [0, 0.05) is 58.6 Å². The van der Waals surface area contributed by atoms with E-state index >= 15 is 0 Å². The molecule has 0 aliphatic carbocycles. The van der Waals surface area contributed by atoms with E-state index in [-0.39, 0.29) is 5.91 Å². The quantitative estimate of drug-likeness (QED) is 0.361. The smallest absolute Gasteiger partial charge is 0.338 e. The number of hydrogen-bond donors (Lipinski definition) is 2. The number of aromatic carboxylic acids is 1. The van der Waals surface area contributed by atoms with E-state index in [1.54, 1.807) is 31.1 Å². The van der Waals surface area contributed by atoms with Gasteiger partial charge in [0.1, 0.15) is 27.8 Å². The van der Waals surface area contributed by atoms with Crippen LogP contribution in [-0.2, 0) is 11.3 Å². The third kappa shape index (κ3) is 5.55. The molecular weight excluding hydrogens is 509 g/mol. The summed E-state index contributed by atoms with van der Waals surface area (Å²) in [5.41, 5.74) is 1.93. The first-order valence-electron chi connectivity index (χ1n) is 12.0. The Kier molecular flexibility index (Phi) is 7.16. The molecule has 1 aliphatic heterocycles. The Labute approximate surface area is 222 Å². The Balaban J connectivity index is 1.28. The zero-order valence-corrected chi connectivity index (χ0v) is 21.7. The molecule has 1 saturated heterocycles. The molecule has 196 valence electrons. The summed E-state index contributed by atoms with van der Waals surface area (Å²) in [4.78, 5) is 43.1. The number of nitrogens with zero attached hydrogens (tertiary/aromatic N) is 6. The fraction of sp³-hybridized carbons (Fsp3) is 0.269. The second-order valence-corrected chi connectivity index (χ2v) is 9.98. The first-order chi connectivity index (χ1) is 18.3. The summed E-state index contributed by atoms with van der Waals surface area (Å²) in [5, 5.41) is 13.1. The van der Waals surface area contributed by atoms with Gasteiger partial charge in [0.25, 0.3) is 0 Å². The van der Waals surface area contributed by atoms with Gasteiger partial charge in [0.2, 0.25) is 5.91 Å². The molecule has 0 atom stereocenters. The summed E-state index contributed by atoms with van der Waals surface area (Å²) in [6.07, 6.45) is 1.76. The van der Waals surface area contributed by atoms with Gasteiger partial charge in [0.15, 0.2) is 5.13 Å². The lowest BCUT2D eigenvalue weighted by atomic mass is 10.2. The number of anilines is 4. The average Bonchev–Trinajstić information content (AvgIpc) is 3.30. The molecule has 1 aromatic carbocycles. The fourth-order valence-corrected chi connectivity index (χ4v) is 5.14. The summed E-state index contributed by atoms with van der Waals surface area (Å²) in [7, 11) is 1.74. The fourth-order valence-electron chi connectivity index (χ4n) is 4.30. The molecule has 1 fully saturated rings. The van der Waals surface area contributed by atoms with Crippen LogP contribution in [0.2, 0.25) is 0 Å². The Hall–Kier alpha value is -4.16. The van der Waals surface area contributed by atoms with Gasteiger partial charge in [-0.3, -0.25) is 9.69 Å². The summed E-state index contributed by atoms with van der Waals surface area (Å²) < 4.78 is 13.8. The number of rotatable bonds is 7. The Morgan fingerprint density at radius 1 is 1.11 bits per heavy atom. The van der Waals surface area contributed by atoms with Gasteiger partial charge in [-0.1, -0.05) is 11.3 Å². The van der Waals surface area contributed by atoms with Crippen LogP contribution in [0.25, 0.3) is 10.3 Å². The zero-order valence-electron chi connectivity index (χ0n) is 20.9. The number of nitrogens with one attached hydrogen (secondary N) is 1. The van der Waals surface area contributed by atoms with Crippen LogP contribution in [-0.4, -0.2) is 75.0 Å². The predicted octanol–water partition coefficient (Wildman–Crippen LogP) is 4.10. The van der Waals surface area contributed by atoms with Crippen molar-refractivity contribution in [2.45, 2.75) is 13.5 Å². The maximum Gasteiger partial charge on any atom is 0.338 e. The number of benzene rings is 1. The monoisotopic (exact) mass is 535 g/mol.